The highest BCUT2D eigenvalue weighted by Gasteiger charge is 2.29. The Hall–Kier alpha value is -4.14. The molecule has 0 saturated carbocycles. The summed E-state index contributed by atoms with van der Waals surface area (Å²) in [6, 6.07) is 33.2. The molecule has 0 bridgehead atoms. The second-order valence-corrected chi connectivity index (χ2v) is 13.4. The molecule has 0 saturated heterocycles. The van der Waals surface area contributed by atoms with E-state index in [1.54, 1.807) is 30.0 Å². The minimum absolute atomic E-state index is 0.0558. The second-order valence-electron chi connectivity index (χ2n) is 10.9. The van der Waals surface area contributed by atoms with Crippen LogP contribution in [-0.4, -0.2) is 30.1 Å². The molecule has 0 aliphatic carbocycles. The molecule has 1 amide bonds. The van der Waals surface area contributed by atoms with Crippen molar-refractivity contribution in [3.05, 3.63) is 137 Å². The summed E-state index contributed by atoms with van der Waals surface area (Å²) in [4.78, 5) is 18.7. The normalized spacial score (nSPS) is 11.6. The quantitative estimate of drug-likeness (QED) is 0.133. The molecular weight excluding hydrogens is 599 g/mol. The average Bonchev–Trinajstić information content (AvgIpc) is 3.40. The van der Waals surface area contributed by atoms with Crippen molar-refractivity contribution in [1.82, 2.24) is 14.3 Å². The first-order chi connectivity index (χ1) is 21.9. The first-order valence-corrected chi connectivity index (χ1v) is 18.0. The van der Waals surface area contributed by atoms with Crippen LogP contribution in [0.5, 0.6) is 0 Å². The van der Waals surface area contributed by atoms with E-state index in [-0.39, 0.29) is 4.90 Å². The molecule has 1 N–H and O–H groups in total. The first kappa shape index (κ1) is 32.3. The molecule has 0 aliphatic rings. The Bertz CT molecular complexity index is 1800. The molecule has 4 aromatic carbocycles. The van der Waals surface area contributed by atoms with Gasteiger partial charge in [0.25, 0.3) is 10.0 Å². The molecule has 45 heavy (non-hydrogen) atoms. The Labute approximate surface area is 271 Å². The van der Waals surface area contributed by atoms with Crippen LogP contribution in [0.15, 0.2) is 119 Å². The highest BCUT2D eigenvalue weighted by atomic mass is 32.2. The van der Waals surface area contributed by atoms with Gasteiger partial charge in [0.1, 0.15) is 10.9 Å². The predicted octanol–water partition coefficient (Wildman–Crippen LogP) is 7.86. The van der Waals surface area contributed by atoms with Gasteiger partial charge >= 0.3 is 0 Å². The van der Waals surface area contributed by atoms with E-state index in [2.05, 4.69) is 29.4 Å². The molecule has 6 nitrogen and oxygen atoms in total. The maximum absolute atomic E-state index is 13.8. The summed E-state index contributed by atoms with van der Waals surface area (Å²) in [5.41, 5.74) is 5.07. The van der Waals surface area contributed by atoms with E-state index in [1.165, 1.54) is 5.69 Å². The van der Waals surface area contributed by atoms with Crippen molar-refractivity contribution in [3.63, 3.8) is 0 Å². The minimum Gasteiger partial charge on any atom is -0.326 e. The maximum Gasteiger partial charge on any atom is 0.264 e. The summed E-state index contributed by atoms with van der Waals surface area (Å²) in [5, 5.41) is 1.09. The number of amides is 1. The van der Waals surface area contributed by atoms with Gasteiger partial charge in [-0.05, 0) is 47.4 Å². The lowest BCUT2D eigenvalue weighted by Gasteiger charge is -2.19. The molecule has 0 fully saturated rings. The molecule has 0 unspecified atom stereocenters. The largest absolute Gasteiger partial charge is 0.326 e. The number of benzene rings is 4. The van der Waals surface area contributed by atoms with Gasteiger partial charge in [-0.25, -0.2) is 18.1 Å². The number of nitrogens with zero attached hydrogens (tertiary/aromatic N) is 2. The summed E-state index contributed by atoms with van der Waals surface area (Å²) < 4.78 is 32.3. The van der Waals surface area contributed by atoms with Crippen LogP contribution in [0, 0.1) is 0 Å². The lowest BCUT2D eigenvalue weighted by molar-refractivity contribution is -0.119. The number of hydrogen-bond donors (Lipinski definition) is 1. The molecule has 8 heteroatoms. The van der Waals surface area contributed by atoms with Gasteiger partial charge in [0.05, 0.1) is 16.5 Å². The number of aromatic nitrogens is 2. The molecule has 1 heterocycles. The van der Waals surface area contributed by atoms with Crippen molar-refractivity contribution in [2.45, 2.75) is 61.9 Å². The van der Waals surface area contributed by atoms with Crippen LogP contribution in [0.1, 0.15) is 60.8 Å². The van der Waals surface area contributed by atoms with Gasteiger partial charge in [-0.1, -0.05) is 123 Å². The zero-order chi connectivity index (χ0) is 31.8. The van der Waals surface area contributed by atoms with Crippen LogP contribution in [-0.2, 0) is 34.2 Å². The third-order valence-corrected chi connectivity index (χ3v) is 10.1. The molecule has 232 valence electrons. The summed E-state index contributed by atoms with van der Waals surface area (Å²) in [6.45, 7) is 5.06. The zero-order valence-corrected chi connectivity index (χ0v) is 27.6. The van der Waals surface area contributed by atoms with E-state index in [0.717, 1.165) is 47.7 Å². The fourth-order valence-electron chi connectivity index (χ4n) is 5.68. The third-order valence-electron chi connectivity index (χ3n) is 7.94. The molecular formula is C37H39N3O3S2. The average molecular weight is 638 g/mol. The first-order valence-electron chi connectivity index (χ1n) is 15.3. The number of unbranched alkanes of at least 4 members (excludes halogenated alkanes) is 1. The fourth-order valence-corrected chi connectivity index (χ4v) is 7.59. The highest BCUT2D eigenvalue weighted by Crippen LogP contribution is 2.30. The molecule has 5 rings (SSSR count). The fraction of sp³-hybridized carbons (Fsp3) is 0.243. The van der Waals surface area contributed by atoms with Crippen LogP contribution in [0.4, 0.5) is 0 Å². The summed E-state index contributed by atoms with van der Waals surface area (Å²) in [7, 11) is -4.20. The lowest BCUT2D eigenvalue weighted by Crippen LogP contribution is -2.35. The van der Waals surface area contributed by atoms with Crippen molar-refractivity contribution >= 4 is 27.7 Å². The number of rotatable bonds is 13. The van der Waals surface area contributed by atoms with E-state index in [0.29, 0.717) is 23.2 Å². The van der Waals surface area contributed by atoms with Crippen LogP contribution in [0.25, 0.3) is 11.1 Å². The van der Waals surface area contributed by atoms with Crippen LogP contribution in [0.3, 0.4) is 0 Å². The Balaban J connectivity index is 1.42. The summed E-state index contributed by atoms with van der Waals surface area (Å²) >= 11 is 1.69. The molecule has 0 atom stereocenters. The van der Waals surface area contributed by atoms with Gasteiger partial charge in [-0.2, -0.15) is 0 Å². The van der Waals surface area contributed by atoms with Crippen molar-refractivity contribution in [2.75, 3.05) is 6.26 Å². The van der Waals surface area contributed by atoms with Crippen molar-refractivity contribution in [1.29, 1.82) is 0 Å². The number of hydrogen-bond acceptors (Lipinski definition) is 5. The molecule has 1 aromatic heterocycles. The number of carbonyl (C=O) groups is 1. The molecule has 5 aromatic rings. The minimum atomic E-state index is -4.20. The summed E-state index contributed by atoms with van der Waals surface area (Å²) in [6.07, 6.45) is 6.11. The van der Waals surface area contributed by atoms with Crippen LogP contribution < -0.4 is 4.72 Å². The predicted molar refractivity (Wildman–Crippen MR) is 183 cm³/mol. The van der Waals surface area contributed by atoms with Gasteiger partial charge in [-0.15, -0.1) is 11.8 Å². The van der Waals surface area contributed by atoms with Crippen molar-refractivity contribution < 1.29 is 13.2 Å². The topological polar surface area (TPSA) is 81.1 Å². The standard InChI is InChI=1S/C37H39N3O3S2/c1-4-6-21-34-38-37(44-3)32(5-2)40(34)26-27-22-24-28(25-23-27)31-19-13-14-20-33(31)45(42,43)39-36(41)35(29-15-9-7-10-16-29)30-17-11-8-12-18-30/h7-20,22-25,35H,4-6,21,26H2,1-3H3,(H,39,41). The van der Waals surface area contributed by atoms with Crippen molar-refractivity contribution in [3.8, 4) is 11.1 Å². The Morgan fingerprint density at radius 3 is 2.02 bits per heavy atom. The van der Waals surface area contributed by atoms with Crippen LogP contribution >= 0.6 is 11.8 Å². The second kappa shape index (κ2) is 14.8. The number of carbonyl (C=O) groups excluding carboxylic acids is 1. The maximum atomic E-state index is 13.8. The molecule has 0 aliphatic heterocycles. The van der Waals surface area contributed by atoms with E-state index in [4.69, 9.17) is 4.98 Å². The third kappa shape index (κ3) is 7.40. The number of nitrogens with one attached hydrogen (secondary N) is 1. The van der Waals surface area contributed by atoms with E-state index in [1.807, 2.05) is 91.0 Å². The van der Waals surface area contributed by atoms with Gasteiger partial charge in [0, 0.05) is 18.5 Å². The number of sulfonamides is 1. The Morgan fingerprint density at radius 2 is 1.44 bits per heavy atom. The van der Waals surface area contributed by atoms with Crippen LogP contribution in [0.2, 0.25) is 0 Å². The van der Waals surface area contributed by atoms with Gasteiger partial charge in [-0.3, -0.25) is 4.79 Å². The molecule has 0 radical (unpaired) electrons. The number of thioether (sulfide) groups is 1. The van der Waals surface area contributed by atoms with E-state index in [9.17, 15) is 13.2 Å². The lowest BCUT2D eigenvalue weighted by atomic mass is 9.91. The Morgan fingerprint density at radius 1 is 0.844 bits per heavy atom. The number of imidazole rings is 1. The smallest absolute Gasteiger partial charge is 0.264 e. The zero-order valence-electron chi connectivity index (χ0n) is 25.9. The van der Waals surface area contributed by atoms with E-state index < -0.39 is 21.8 Å². The number of aryl methyl sites for hydroxylation is 1. The van der Waals surface area contributed by atoms with Gasteiger partial charge in [0.15, 0.2) is 0 Å². The highest BCUT2D eigenvalue weighted by molar-refractivity contribution is 7.98. The van der Waals surface area contributed by atoms with Gasteiger partial charge in [0.2, 0.25) is 5.91 Å². The molecule has 0 spiro atoms. The van der Waals surface area contributed by atoms with E-state index >= 15 is 0 Å². The Kier molecular flexibility index (Phi) is 10.6. The van der Waals surface area contributed by atoms with Gasteiger partial charge < -0.3 is 4.57 Å². The summed E-state index contributed by atoms with van der Waals surface area (Å²) in [5.74, 6) is -0.273. The monoisotopic (exact) mass is 637 g/mol. The van der Waals surface area contributed by atoms with Crippen molar-refractivity contribution in [2.24, 2.45) is 0 Å². The SMILES string of the molecule is CCCCc1nc(SC)c(CC)n1Cc1ccc(-c2ccccc2S(=O)(=O)NC(=O)C(c2ccccc2)c2ccccc2)cc1.